The van der Waals surface area contributed by atoms with Gasteiger partial charge in [0.05, 0.1) is 12.3 Å². The van der Waals surface area contributed by atoms with Gasteiger partial charge in [-0.1, -0.05) is 12.8 Å². The molecule has 3 aliphatic rings. The Morgan fingerprint density at radius 3 is 2.45 bits per heavy atom. The zero-order chi connectivity index (χ0) is 22.2. The summed E-state index contributed by atoms with van der Waals surface area (Å²) in [7, 11) is 1.82. The number of furan rings is 1. The molecule has 0 spiro atoms. The summed E-state index contributed by atoms with van der Waals surface area (Å²) >= 11 is 0. The molecule has 1 saturated carbocycles. The predicted molar refractivity (Wildman–Crippen MR) is 142 cm³/mol. The van der Waals surface area contributed by atoms with Crippen LogP contribution in [0.1, 0.15) is 50.3 Å². The largest absolute Gasteiger partial charge is 0.468 e. The molecule has 3 heterocycles. The number of hydrogen-bond donors (Lipinski definition) is 2. The summed E-state index contributed by atoms with van der Waals surface area (Å²) in [6.07, 6.45) is 8.89. The van der Waals surface area contributed by atoms with Gasteiger partial charge in [0.15, 0.2) is 5.96 Å². The molecule has 0 bridgehead atoms. The van der Waals surface area contributed by atoms with Crippen molar-refractivity contribution >= 4 is 35.8 Å². The standard InChI is InChI=1S/C24H40N6O2.HI/c1-25-24(27-19-21(22-9-6-18-32-22)29-11-4-5-12-29)26-10-13-28-14-16-30(17-15-28)23(31)20-7-2-3-8-20;/h6,9,18,20-21H,2-5,7-8,10-17,19H2,1H3,(H2,25,26,27);1H. The number of nitrogens with one attached hydrogen (secondary N) is 2. The van der Waals surface area contributed by atoms with Crippen LogP contribution in [0.2, 0.25) is 0 Å². The second kappa shape index (κ2) is 13.5. The van der Waals surface area contributed by atoms with Crippen molar-refractivity contribution in [2.45, 2.75) is 44.6 Å². The highest BCUT2D eigenvalue weighted by Crippen LogP contribution is 2.27. The van der Waals surface area contributed by atoms with Gasteiger partial charge in [0.1, 0.15) is 5.76 Å². The molecule has 1 aromatic rings. The van der Waals surface area contributed by atoms with E-state index in [0.29, 0.717) is 11.8 Å². The van der Waals surface area contributed by atoms with Crippen molar-refractivity contribution in [1.29, 1.82) is 0 Å². The maximum atomic E-state index is 12.6. The molecule has 8 nitrogen and oxygen atoms in total. The second-order valence-electron chi connectivity index (χ2n) is 9.30. The van der Waals surface area contributed by atoms with Gasteiger partial charge in [-0.2, -0.15) is 0 Å². The summed E-state index contributed by atoms with van der Waals surface area (Å²) in [4.78, 5) is 24.0. The van der Waals surface area contributed by atoms with Crippen LogP contribution in [0.5, 0.6) is 0 Å². The van der Waals surface area contributed by atoms with Gasteiger partial charge in [0, 0.05) is 58.8 Å². The van der Waals surface area contributed by atoms with E-state index >= 15 is 0 Å². The van der Waals surface area contributed by atoms with Crippen LogP contribution < -0.4 is 10.6 Å². The van der Waals surface area contributed by atoms with E-state index in [0.717, 1.165) is 83.5 Å². The molecule has 1 atom stereocenters. The molecule has 9 heteroatoms. The van der Waals surface area contributed by atoms with Crippen molar-refractivity contribution in [1.82, 2.24) is 25.3 Å². The minimum absolute atomic E-state index is 0. The molecule has 4 rings (SSSR count). The van der Waals surface area contributed by atoms with Gasteiger partial charge in [-0.25, -0.2) is 0 Å². The maximum Gasteiger partial charge on any atom is 0.225 e. The zero-order valence-corrected chi connectivity index (χ0v) is 22.3. The van der Waals surface area contributed by atoms with E-state index in [4.69, 9.17) is 4.42 Å². The van der Waals surface area contributed by atoms with E-state index in [-0.39, 0.29) is 30.0 Å². The number of piperazine rings is 1. The van der Waals surface area contributed by atoms with E-state index in [2.05, 4.69) is 36.4 Å². The Kier molecular flexibility index (Phi) is 10.8. The summed E-state index contributed by atoms with van der Waals surface area (Å²) in [6, 6.07) is 4.27. The molecule has 2 saturated heterocycles. The number of amides is 1. The SMILES string of the molecule is CN=C(NCCN1CCN(C(=O)C2CCCC2)CC1)NCC(c1ccco1)N1CCCC1.I. The van der Waals surface area contributed by atoms with Crippen LogP contribution in [0.15, 0.2) is 27.8 Å². The molecule has 33 heavy (non-hydrogen) atoms. The predicted octanol–water partition coefficient (Wildman–Crippen LogP) is 2.53. The van der Waals surface area contributed by atoms with Crippen molar-refractivity contribution in [3.8, 4) is 0 Å². The quantitative estimate of drug-likeness (QED) is 0.284. The number of halogens is 1. The van der Waals surface area contributed by atoms with Crippen LogP contribution in [0.4, 0.5) is 0 Å². The fourth-order valence-electron chi connectivity index (χ4n) is 5.31. The number of nitrogens with zero attached hydrogens (tertiary/aromatic N) is 4. The Morgan fingerprint density at radius 1 is 1.09 bits per heavy atom. The third-order valence-electron chi connectivity index (χ3n) is 7.25. The molecule has 1 amide bonds. The van der Waals surface area contributed by atoms with Crippen LogP contribution in [0.25, 0.3) is 0 Å². The summed E-state index contributed by atoms with van der Waals surface area (Å²) in [5.41, 5.74) is 0. The topological polar surface area (TPSA) is 76.4 Å². The van der Waals surface area contributed by atoms with Crippen LogP contribution in [-0.4, -0.2) is 92.5 Å². The minimum Gasteiger partial charge on any atom is -0.468 e. The van der Waals surface area contributed by atoms with Gasteiger partial charge >= 0.3 is 0 Å². The van der Waals surface area contributed by atoms with Crippen LogP contribution in [-0.2, 0) is 4.79 Å². The van der Waals surface area contributed by atoms with Crippen LogP contribution >= 0.6 is 24.0 Å². The van der Waals surface area contributed by atoms with E-state index in [9.17, 15) is 4.79 Å². The average molecular weight is 573 g/mol. The highest BCUT2D eigenvalue weighted by atomic mass is 127. The lowest BCUT2D eigenvalue weighted by Crippen LogP contribution is -2.52. The average Bonchev–Trinajstić information content (AvgIpc) is 3.62. The molecule has 0 aromatic carbocycles. The lowest BCUT2D eigenvalue weighted by molar-refractivity contribution is -0.137. The van der Waals surface area contributed by atoms with Crippen molar-refractivity contribution < 1.29 is 9.21 Å². The summed E-state index contributed by atoms with van der Waals surface area (Å²) < 4.78 is 5.72. The third-order valence-corrected chi connectivity index (χ3v) is 7.25. The van der Waals surface area contributed by atoms with Crippen molar-refractivity contribution in [2.75, 3.05) is 66.0 Å². The number of guanidine groups is 1. The molecule has 2 N–H and O–H groups in total. The lowest BCUT2D eigenvalue weighted by Gasteiger charge is -2.36. The molecule has 0 radical (unpaired) electrons. The number of hydrogen-bond acceptors (Lipinski definition) is 5. The number of aliphatic imine (C=N–C) groups is 1. The molecular formula is C24H41IN6O2. The summed E-state index contributed by atoms with van der Waals surface area (Å²) in [5, 5.41) is 6.95. The highest BCUT2D eigenvalue weighted by Gasteiger charge is 2.29. The van der Waals surface area contributed by atoms with Crippen LogP contribution in [0, 0.1) is 5.92 Å². The Hall–Kier alpha value is -1.33. The molecule has 2 aliphatic heterocycles. The first-order valence-electron chi connectivity index (χ1n) is 12.5. The highest BCUT2D eigenvalue weighted by molar-refractivity contribution is 14.0. The van der Waals surface area contributed by atoms with E-state index in [1.165, 1.54) is 25.7 Å². The molecule has 186 valence electrons. The fraction of sp³-hybridized carbons (Fsp3) is 0.750. The van der Waals surface area contributed by atoms with Crippen molar-refractivity contribution in [2.24, 2.45) is 10.9 Å². The van der Waals surface area contributed by atoms with Gasteiger partial charge in [0.25, 0.3) is 0 Å². The van der Waals surface area contributed by atoms with Crippen molar-refractivity contribution in [3.63, 3.8) is 0 Å². The van der Waals surface area contributed by atoms with Crippen molar-refractivity contribution in [3.05, 3.63) is 24.2 Å². The molecule has 3 fully saturated rings. The Balaban J connectivity index is 0.00000306. The number of rotatable bonds is 8. The van der Waals surface area contributed by atoms with Gasteiger partial charge in [-0.3, -0.25) is 19.6 Å². The van der Waals surface area contributed by atoms with E-state index < -0.39 is 0 Å². The molecule has 1 unspecified atom stereocenters. The first-order chi connectivity index (χ1) is 15.7. The normalized spacial score (nSPS) is 21.7. The molecular weight excluding hydrogens is 531 g/mol. The fourth-order valence-corrected chi connectivity index (χ4v) is 5.31. The zero-order valence-electron chi connectivity index (χ0n) is 20.0. The van der Waals surface area contributed by atoms with Crippen LogP contribution in [0.3, 0.4) is 0 Å². The van der Waals surface area contributed by atoms with Gasteiger partial charge in [-0.15, -0.1) is 24.0 Å². The maximum absolute atomic E-state index is 12.6. The first-order valence-corrected chi connectivity index (χ1v) is 12.5. The Morgan fingerprint density at radius 2 is 1.82 bits per heavy atom. The monoisotopic (exact) mass is 572 g/mol. The smallest absolute Gasteiger partial charge is 0.225 e. The minimum atomic E-state index is 0. The number of carbonyl (C=O) groups is 1. The van der Waals surface area contributed by atoms with Gasteiger partial charge in [-0.05, 0) is 50.9 Å². The summed E-state index contributed by atoms with van der Waals surface area (Å²) in [5.74, 6) is 2.54. The third kappa shape index (κ3) is 7.32. The lowest BCUT2D eigenvalue weighted by atomic mass is 10.1. The number of carbonyl (C=O) groups excluding carboxylic acids is 1. The Bertz CT molecular complexity index is 723. The van der Waals surface area contributed by atoms with Gasteiger partial charge < -0.3 is 20.0 Å². The summed E-state index contributed by atoms with van der Waals surface area (Å²) in [6.45, 7) is 8.46. The number of likely N-dealkylation sites (tertiary alicyclic amines) is 1. The van der Waals surface area contributed by atoms with E-state index in [1.54, 1.807) is 6.26 Å². The Labute approximate surface area is 215 Å². The molecule has 1 aliphatic carbocycles. The molecule has 1 aromatic heterocycles. The first kappa shape index (κ1) is 26.3. The van der Waals surface area contributed by atoms with E-state index in [1.807, 2.05) is 13.1 Å². The van der Waals surface area contributed by atoms with Gasteiger partial charge in [0.2, 0.25) is 5.91 Å². The second-order valence-corrected chi connectivity index (χ2v) is 9.30.